The predicted octanol–water partition coefficient (Wildman–Crippen LogP) is 3.01. The van der Waals surface area contributed by atoms with Crippen LogP contribution in [0.1, 0.15) is 21.5 Å². The molecular formula is C11H10ClNO3. The van der Waals surface area contributed by atoms with Crippen LogP contribution in [-0.2, 0) is 6.42 Å². The molecule has 0 N–H and O–H groups in total. The first kappa shape index (κ1) is 12.4. The average Bonchev–Trinajstić information content (AvgIpc) is 2.17. The van der Waals surface area contributed by atoms with Crippen LogP contribution in [0, 0.1) is 17.0 Å². The zero-order chi connectivity index (χ0) is 12.3. The average molecular weight is 240 g/mol. The number of hydrogen-bond donors (Lipinski definition) is 0. The Hall–Kier alpha value is -1.68. The third kappa shape index (κ3) is 2.46. The second-order valence-corrected chi connectivity index (χ2v) is 3.66. The molecule has 0 unspecified atom stereocenters. The number of nitrogens with zero attached hydrogens (tertiary/aromatic N) is 1. The molecule has 84 valence electrons. The van der Waals surface area contributed by atoms with E-state index in [4.69, 9.17) is 11.6 Å². The molecule has 16 heavy (non-hydrogen) atoms. The molecule has 0 fully saturated rings. The van der Waals surface area contributed by atoms with Crippen molar-refractivity contribution < 1.29 is 9.72 Å². The molecule has 0 saturated carbocycles. The van der Waals surface area contributed by atoms with Crippen LogP contribution in [0.3, 0.4) is 0 Å². The minimum absolute atomic E-state index is 0.102. The summed E-state index contributed by atoms with van der Waals surface area (Å²) in [5, 5.41) is 10.1. The molecule has 0 saturated heterocycles. The molecule has 0 aliphatic rings. The summed E-state index contributed by atoms with van der Waals surface area (Å²) >= 11 is 5.33. The number of halogens is 1. The summed E-state index contributed by atoms with van der Waals surface area (Å²) in [6, 6.07) is 2.80. The lowest BCUT2D eigenvalue weighted by Gasteiger charge is -2.05. The fraction of sp³-hybridized carbons (Fsp3) is 0.182. The molecule has 1 aromatic carbocycles. The largest absolute Gasteiger partial charge is 0.276 e. The van der Waals surface area contributed by atoms with E-state index in [2.05, 4.69) is 6.58 Å². The highest BCUT2D eigenvalue weighted by Crippen LogP contribution is 2.25. The maximum Gasteiger partial charge on any atom is 0.273 e. The van der Waals surface area contributed by atoms with Gasteiger partial charge in [-0.05, 0) is 36.6 Å². The number of benzene rings is 1. The van der Waals surface area contributed by atoms with Gasteiger partial charge in [-0.25, -0.2) is 0 Å². The minimum atomic E-state index is -0.689. The summed E-state index contributed by atoms with van der Waals surface area (Å²) in [4.78, 5) is 21.3. The van der Waals surface area contributed by atoms with Crippen LogP contribution in [0.4, 0.5) is 5.69 Å². The van der Waals surface area contributed by atoms with Crippen molar-refractivity contribution in [3.8, 4) is 0 Å². The van der Waals surface area contributed by atoms with E-state index in [-0.39, 0.29) is 11.3 Å². The van der Waals surface area contributed by atoms with Crippen molar-refractivity contribution in [3.63, 3.8) is 0 Å². The van der Waals surface area contributed by atoms with Gasteiger partial charge in [0.15, 0.2) is 0 Å². The molecule has 1 aromatic rings. The van der Waals surface area contributed by atoms with E-state index >= 15 is 0 Å². The Kier molecular flexibility index (Phi) is 3.79. The maximum absolute atomic E-state index is 11.0. The van der Waals surface area contributed by atoms with E-state index in [9.17, 15) is 14.9 Å². The smallest absolute Gasteiger partial charge is 0.273 e. The molecule has 0 atom stereocenters. The molecule has 0 aromatic heterocycles. The Morgan fingerprint density at radius 2 is 2.25 bits per heavy atom. The normalized spacial score (nSPS) is 9.88. The second-order valence-electron chi connectivity index (χ2n) is 3.32. The molecule has 5 heteroatoms. The summed E-state index contributed by atoms with van der Waals surface area (Å²) in [5.74, 6) is 0. The first-order valence-electron chi connectivity index (χ1n) is 4.56. The highest BCUT2D eigenvalue weighted by atomic mass is 35.5. The lowest BCUT2D eigenvalue weighted by atomic mass is 10.0. The fourth-order valence-electron chi connectivity index (χ4n) is 1.46. The van der Waals surface area contributed by atoms with E-state index in [1.54, 1.807) is 19.1 Å². The lowest BCUT2D eigenvalue weighted by Crippen LogP contribution is -2.01. The van der Waals surface area contributed by atoms with Gasteiger partial charge in [0.2, 0.25) is 0 Å². The van der Waals surface area contributed by atoms with Crippen molar-refractivity contribution in [2.24, 2.45) is 0 Å². The van der Waals surface area contributed by atoms with Crippen LogP contribution in [0.2, 0.25) is 0 Å². The number of nitro benzene ring substituents is 1. The lowest BCUT2D eigenvalue weighted by molar-refractivity contribution is -0.385. The SMILES string of the molecule is C=CCc1cc(C)c(C(=O)Cl)cc1[N+](=O)[O-]. The van der Waals surface area contributed by atoms with E-state index in [0.29, 0.717) is 17.5 Å². The van der Waals surface area contributed by atoms with Crippen molar-refractivity contribution in [2.75, 3.05) is 0 Å². The first-order valence-corrected chi connectivity index (χ1v) is 4.93. The minimum Gasteiger partial charge on any atom is -0.276 e. The summed E-state index contributed by atoms with van der Waals surface area (Å²) in [7, 11) is 0. The quantitative estimate of drug-likeness (QED) is 0.351. The topological polar surface area (TPSA) is 60.2 Å². The maximum atomic E-state index is 11.0. The molecule has 0 radical (unpaired) electrons. The van der Waals surface area contributed by atoms with Gasteiger partial charge < -0.3 is 0 Å². The second kappa shape index (κ2) is 4.90. The predicted molar refractivity (Wildman–Crippen MR) is 61.9 cm³/mol. The Morgan fingerprint density at radius 1 is 1.62 bits per heavy atom. The molecular weight excluding hydrogens is 230 g/mol. The molecule has 0 bridgehead atoms. The molecule has 4 nitrogen and oxygen atoms in total. The van der Waals surface area contributed by atoms with Gasteiger partial charge in [-0.3, -0.25) is 14.9 Å². The van der Waals surface area contributed by atoms with Crippen molar-refractivity contribution in [3.05, 3.63) is 51.6 Å². The zero-order valence-electron chi connectivity index (χ0n) is 8.70. The number of aryl methyl sites for hydroxylation is 1. The van der Waals surface area contributed by atoms with Gasteiger partial charge >= 0.3 is 0 Å². The molecule has 1 rings (SSSR count). The highest BCUT2D eigenvalue weighted by Gasteiger charge is 2.18. The van der Waals surface area contributed by atoms with Crippen LogP contribution >= 0.6 is 11.6 Å². The number of carbonyl (C=O) groups is 1. The van der Waals surface area contributed by atoms with Gasteiger partial charge in [-0.2, -0.15) is 0 Å². The van der Waals surface area contributed by atoms with Gasteiger partial charge in [0, 0.05) is 17.2 Å². The standard InChI is InChI=1S/C11H10ClNO3/c1-3-4-8-5-7(2)9(11(12)14)6-10(8)13(15)16/h3,5-6H,1,4H2,2H3. The summed E-state index contributed by atoms with van der Waals surface area (Å²) in [6.07, 6.45) is 1.96. The number of allylic oxidation sites excluding steroid dienone is 1. The number of rotatable bonds is 4. The van der Waals surface area contributed by atoms with Crippen LogP contribution < -0.4 is 0 Å². The Labute approximate surface area is 97.7 Å². The highest BCUT2D eigenvalue weighted by molar-refractivity contribution is 6.68. The fourth-order valence-corrected chi connectivity index (χ4v) is 1.66. The molecule has 0 spiro atoms. The molecule has 0 amide bonds. The zero-order valence-corrected chi connectivity index (χ0v) is 9.45. The third-order valence-electron chi connectivity index (χ3n) is 2.20. The third-order valence-corrected chi connectivity index (χ3v) is 2.40. The molecule has 0 heterocycles. The molecule has 0 aliphatic carbocycles. The van der Waals surface area contributed by atoms with Crippen molar-refractivity contribution in [1.29, 1.82) is 0 Å². The van der Waals surface area contributed by atoms with Crippen LogP contribution in [0.5, 0.6) is 0 Å². The van der Waals surface area contributed by atoms with Gasteiger partial charge in [0.25, 0.3) is 10.9 Å². The van der Waals surface area contributed by atoms with E-state index in [0.717, 1.165) is 0 Å². The van der Waals surface area contributed by atoms with Crippen molar-refractivity contribution in [1.82, 2.24) is 0 Å². The summed E-state index contributed by atoms with van der Waals surface area (Å²) in [5.41, 5.74) is 1.22. The van der Waals surface area contributed by atoms with Gasteiger partial charge in [0.1, 0.15) is 0 Å². The van der Waals surface area contributed by atoms with E-state index in [1.807, 2.05) is 0 Å². The van der Waals surface area contributed by atoms with Crippen molar-refractivity contribution >= 4 is 22.5 Å². The van der Waals surface area contributed by atoms with Crippen LogP contribution in [0.25, 0.3) is 0 Å². The van der Waals surface area contributed by atoms with Gasteiger partial charge in [0.05, 0.1) is 4.92 Å². The number of hydrogen-bond acceptors (Lipinski definition) is 3. The Balaban J connectivity index is 3.42. The molecule has 0 aliphatic heterocycles. The van der Waals surface area contributed by atoms with E-state index < -0.39 is 10.2 Å². The first-order chi connectivity index (χ1) is 7.47. The van der Waals surface area contributed by atoms with Crippen LogP contribution in [-0.4, -0.2) is 10.2 Å². The number of nitro groups is 1. The number of carbonyl (C=O) groups excluding carboxylic acids is 1. The summed E-state index contributed by atoms with van der Waals surface area (Å²) in [6.45, 7) is 5.21. The monoisotopic (exact) mass is 239 g/mol. The van der Waals surface area contributed by atoms with E-state index in [1.165, 1.54) is 6.07 Å². The van der Waals surface area contributed by atoms with Crippen molar-refractivity contribution in [2.45, 2.75) is 13.3 Å². The van der Waals surface area contributed by atoms with Crippen LogP contribution in [0.15, 0.2) is 24.8 Å². The Morgan fingerprint density at radius 3 is 2.69 bits per heavy atom. The summed E-state index contributed by atoms with van der Waals surface area (Å²) < 4.78 is 0. The van der Waals surface area contributed by atoms with Gasteiger partial charge in [-0.1, -0.05) is 6.08 Å². The van der Waals surface area contributed by atoms with Gasteiger partial charge in [-0.15, -0.1) is 6.58 Å². The Bertz CT molecular complexity index is 469.